The molecule has 0 spiro atoms. The molecule has 0 rings (SSSR count). The Bertz CT molecular complexity index is 630. The monoisotopic (exact) mass is 662 g/mol. The minimum absolute atomic E-state index is 0.478. The van der Waals surface area contributed by atoms with E-state index in [9.17, 15) is 19.2 Å². The van der Waals surface area contributed by atoms with Gasteiger partial charge in [-0.15, -0.1) is 0 Å². The Labute approximate surface area is 257 Å². The second-order valence-corrected chi connectivity index (χ2v) is 15.6. The van der Waals surface area contributed by atoms with Crippen molar-refractivity contribution in [3.8, 4) is 0 Å². The quantitative estimate of drug-likeness (QED) is 0.101. The van der Waals surface area contributed by atoms with Crippen LogP contribution in [-0.4, -0.2) is 23.9 Å². The van der Waals surface area contributed by atoms with Gasteiger partial charge in [0.05, 0.1) is 0 Å². The summed E-state index contributed by atoms with van der Waals surface area (Å²) in [4.78, 5) is 54.1. The Hall–Kier alpha value is -1.24. The predicted octanol–water partition coefficient (Wildman–Crippen LogP) is 8.84. The van der Waals surface area contributed by atoms with Crippen LogP contribution in [0.1, 0.15) is 158 Å². The molecular weight excluding hydrogens is 604 g/mol. The van der Waals surface area contributed by atoms with Crippen LogP contribution in [0, 0.1) is 23.7 Å². The van der Waals surface area contributed by atoms with Gasteiger partial charge in [0.2, 0.25) is 0 Å². The zero-order chi connectivity index (χ0) is 31.3. The second kappa shape index (κ2) is 23.2. The summed E-state index contributed by atoms with van der Waals surface area (Å²) in [5.74, 6) is -4.43. The fourth-order valence-electron chi connectivity index (χ4n) is 4.71. The number of carbonyl (C=O) groups excluding carboxylic acids is 4. The van der Waals surface area contributed by atoms with Crippen molar-refractivity contribution in [2.24, 2.45) is 23.7 Å². The molecule has 0 aromatic heterocycles. The summed E-state index contributed by atoms with van der Waals surface area (Å²) in [6.07, 6.45) is 11.2. The zero-order valence-electron chi connectivity index (χ0n) is 27.4. The van der Waals surface area contributed by atoms with Crippen molar-refractivity contribution in [2.75, 3.05) is 0 Å². The van der Waals surface area contributed by atoms with E-state index in [1.807, 2.05) is 55.4 Å². The van der Waals surface area contributed by atoms with E-state index in [1.54, 1.807) is 0 Å². The summed E-state index contributed by atoms with van der Waals surface area (Å²) in [5.41, 5.74) is 0. The summed E-state index contributed by atoms with van der Waals surface area (Å²) in [6.45, 7) is 15.7. The third-order valence-corrected chi connectivity index (χ3v) is 12.3. The Morgan fingerprint density at radius 3 is 0.756 bits per heavy atom. The van der Waals surface area contributed by atoms with Gasteiger partial charge in [-0.1, -0.05) is 0 Å². The molecule has 0 saturated heterocycles. The van der Waals surface area contributed by atoms with Crippen LogP contribution >= 0.6 is 0 Å². The molecule has 0 radical (unpaired) electrons. The van der Waals surface area contributed by atoms with Crippen LogP contribution < -0.4 is 0 Å². The van der Waals surface area contributed by atoms with Crippen molar-refractivity contribution in [3.63, 3.8) is 0 Å². The first-order valence-corrected chi connectivity index (χ1v) is 20.5. The van der Waals surface area contributed by atoms with Gasteiger partial charge in [0.25, 0.3) is 0 Å². The Morgan fingerprint density at radius 1 is 0.415 bits per heavy atom. The van der Waals surface area contributed by atoms with E-state index in [0.29, 0.717) is 51.4 Å². The van der Waals surface area contributed by atoms with Crippen molar-refractivity contribution < 1.29 is 52.5 Å². The van der Waals surface area contributed by atoms with Crippen molar-refractivity contribution in [2.45, 2.75) is 158 Å². The molecule has 0 heterocycles. The minimum atomic E-state index is -5.95. The summed E-state index contributed by atoms with van der Waals surface area (Å²) in [7, 11) is 0. The van der Waals surface area contributed by atoms with Crippen molar-refractivity contribution >= 4 is 23.9 Å². The molecule has 0 amide bonds. The fraction of sp³-hybridized carbons (Fsp3) is 0.875. The van der Waals surface area contributed by atoms with Crippen LogP contribution in [0.3, 0.4) is 0 Å². The molecule has 41 heavy (non-hydrogen) atoms. The number of hydrogen-bond acceptors (Lipinski definition) is 8. The molecule has 0 bridgehead atoms. The number of unbranched alkanes of at least 4 members (excludes halogenated alkanes) is 4. The predicted molar refractivity (Wildman–Crippen MR) is 158 cm³/mol. The molecule has 8 nitrogen and oxygen atoms in total. The van der Waals surface area contributed by atoms with Gasteiger partial charge in [-0.25, -0.2) is 0 Å². The van der Waals surface area contributed by atoms with Crippen LogP contribution in [0.4, 0.5) is 0 Å². The number of carbonyl (C=O) groups is 4. The van der Waals surface area contributed by atoms with Gasteiger partial charge in [-0.3, -0.25) is 0 Å². The van der Waals surface area contributed by atoms with Gasteiger partial charge >= 0.3 is 258 Å². The van der Waals surface area contributed by atoms with E-state index in [2.05, 4.69) is 0 Å². The average molecular weight is 664 g/mol. The molecule has 4 atom stereocenters. The third-order valence-electron chi connectivity index (χ3n) is 7.83. The molecule has 0 aromatic rings. The molecule has 0 N–H and O–H groups in total. The summed E-state index contributed by atoms with van der Waals surface area (Å²) < 4.78 is 23.8. The Balaban J connectivity index is 6.69. The van der Waals surface area contributed by atoms with Gasteiger partial charge in [-0.05, 0) is 0 Å². The summed E-state index contributed by atoms with van der Waals surface area (Å²) >= 11 is -5.95. The normalized spacial score (nSPS) is 15.6. The van der Waals surface area contributed by atoms with Crippen LogP contribution in [0.15, 0.2) is 0 Å². The topological polar surface area (TPSA) is 105 Å². The van der Waals surface area contributed by atoms with Crippen molar-refractivity contribution in [1.29, 1.82) is 0 Å². The molecule has 0 fully saturated rings. The van der Waals surface area contributed by atoms with Gasteiger partial charge in [-0.2, -0.15) is 0 Å². The standard InChI is InChI=1S/4C8H16O2.Zr/c4*1-3-5-6-7(4-2)8(9)10;/h4*7H,3-6H2,1-2H3,(H,9,10);/q;;;;+4/p-4. The maximum atomic E-state index is 13.5. The van der Waals surface area contributed by atoms with E-state index in [-0.39, 0.29) is 0 Å². The van der Waals surface area contributed by atoms with Gasteiger partial charge < -0.3 is 0 Å². The molecule has 4 unspecified atom stereocenters. The second-order valence-electron chi connectivity index (χ2n) is 11.2. The van der Waals surface area contributed by atoms with E-state index < -0.39 is 69.6 Å². The van der Waals surface area contributed by atoms with Crippen LogP contribution in [0.5, 0.6) is 0 Å². The Morgan fingerprint density at radius 2 is 0.610 bits per heavy atom. The number of hydrogen-bond donors (Lipinski definition) is 0. The van der Waals surface area contributed by atoms with Crippen LogP contribution in [-0.2, 0) is 52.5 Å². The van der Waals surface area contributed by atoms with E-state index >= 15 is 0 Å². The summed E-state index contributed by atoms with van der Waals surface area (Å²) in [6, 6.07) is 0. The molecule has 0 aliphatic heterocycles. The third kappa shape index (κ3) is 15.2. The van der Waals surface area contributed by atoms with Gasteiger partial charge in [0, 0.05) is 0 Å². The molecule has 240 valence electrons. The average Bonchev–Trinajstić information content (AvgIpc) is 2.94. The first-order valence-electron chi connectivity index (χ1n) is 16.5. The number of rotatable bonds is 24. The van der Waals surface area contributed by atoms with Gasteiger partial charge in [0.15, 0.2) is 0 Å². The Kier molecular flexibility index (Phi) is 22.5. The molecule has 0 aromatic carbocycles. The van der Waals surface area contributed by atoms with Crippen molar-refractivity contribution in [3.05, 3.63) is 0 Å². The molecular formula is C32H60O8Zr. The fourth-order valence-corrected chi connectivity index (χ4v) is 9.38. The first kappa shape index (κ1) is 39.8. The maximum absolute atomic E-state index is 13.5. The van der Waals surface area contributed by atoms with Crippen LogP contribution in [0.25, 0.3) is 0 Å². The van der Waals surface area contributed by atoms with E-state index in [0.717, 1.165) is 51.4 Å². The first-order chi connectivity index (χ1) is 19.6. The zero-order valence-corrected chi connectivity index (χ0v) is 29.8. The van der Waals surface area contributed by atoms with Crippen molar-refractivity contribution in [1.82, 2.24) is 0 Å². The molecule has 0 saturated carbocycles. The van der Waals surface area contributed by atoms with Gasteiger partial charge in [0.1, 0.15) is 0 Å². The summed E-state index contributed by atoms with van der Waals surface area (Å²) in [5, 5.41) is 0. The molecule has 9 heteroatoms. The van der Waals surface area contributed by atoms with E-state index in [4.69, 9.17) is 11.3 Å². The molecule has 0 aliphatic carbocycles. The molecule has 0 aliphatic rings. The van der Waals surface area contributed by atoms with Crippen LogP contribution in [0.2, 0.25) is 0 Å². The van der Waals surface area contributed by atoms with E-state index in [1.165, 1.54) is 0 Å². The SMILES string of the molecule is CCCCC(CC)C(=O)[O][Zr]([O]C(=O)C(CC)CCCC)([O]C(=O)C(CC)CCCC)[O]C(=O)C(CC)CCCC.